The van der Waals surface area contributed by atoms with Gasteiger partial charge in [-0.05, 0) is 38.5 Å². The molecule has 1 aromatic rings. The third kappa shape index (κ3) is 4.68. The van der Waals surface area contributed by atoms with Crippen LogP contribution in [0.1, 0.15) is 32.8 Å². The molecule has 23 heavy (non-hydrogen) atoms. The highest BCUT2D eigenvalue weighted by atomic mass is 79.9. The third-order valence-corrected chi connectivity index (χ3v) is 4.25. The number of ether oxygens (including phenoxy) is 2. The van der Waals surface area contributed by atoms with E-state index >= 15 is 0 Å². The van der Waals surface area contributed by atoms with Gasteiger partial charge in [0.2, 0.25) is 0 Å². The van der Waals surface area contributed by atoms with Gasteiger partial charge in [-0.3, -0.25) is 0 Å². The largest absolute Gasteiger partial charge is 0.444 e. The molecule has 2 rings (SSSR count). The summed E-state index contributed by atoms with van der Waals surface area (Å²) in [5, 5.41) is 9.12. The highest BCUT2D eigenvalue weighted by Gasteiger charge is 2.43. The van der Waals surface area contributed by atoms with Crippen LogP contribution in [-0.2, 0) is 15.1 Å². The molecule has 5 nitrogen and oxygen atoms in total. The molecule has 1 aliphatic heterocycles. The van der Waals surface area contributed by atoms with Crippen molar-refractivity contribution in [1.82, 2.24) is 4.90 Å². The third-order valence-electron chi connectivity index (χ3n) is 3.72. The van der Waals surface area contributed by atoms with Crippen LogP contribution in [0, 0.1) is 0 Å². The Morgan fingerprint density at radius 1 is 1.35 bits per heavy atom. The first kappa shape index (κ1) is 18.2. The van der Waals surface area contributed by atoms with Crippen molar-refractivity contribution in [3.05, 3.63) is 34.3 Å². The number of likely N-dealkylation sites (tertiary alicyclic amines) is 1. The quantitative estimate of drug-likeness (QED) is 0.863. The minimum Gasteiger partial charge on any atom is -0.444 e. The summed E-state index contributed by atoms with van der Waals surface area (Å²) in [5.41, 5.74) is -0.119. The molecule has 1 saturated heterocycles. The SMILES string of the molecule is CC(C)(C)OC(=O)N1CCC(OCCO)(c2ccc(Br)cc2)C1. The molecule has 6 heteroatoms. The van der Waals surface area contributed by atoms with E-state index in [1.165, 1.54) is 0 Å². The zero-order chi connectivity index (χ0) is 17.1. The van der Waals surface area contributed by atoms with Gasteiger partial charge in [0.05, 0.1) is 19.8 Å². The van der Waals surface area contributed by atoms with E-state index in [1.54, 1.807) is 4.90 Å². The van der Waals surface area contributed by atoms with E-state index in [-0.39, 0.29) is 19.3 Å². The number of aliphatic hydroxyl groups is 1. The number of halogens is 1. The number of hydrogen-bond donors (Lipinski definition) is 1. The van der Waals surface area contributed by atoms with Crippen LogP contribution in [-0.4, -0.2) is 48.0 Å². The summed E-state index contributed by atoms with van der Waals surface area (Å²) >= 11 is 3.43. The number of benzene rings is 1. The lowest BCUT2D eigenvalue weighted by Crippen LogP contribution is -2.39. The molecule has 0 aromatic heterocycles. The number of nitrogens with zero attached hydrogens (tertiary/aromatic N) is 1. The molecule has 1 unspecified atom stereocenters. The van der Waals surface area contributed by atoms with Crippen LogP contribution in [0.2, 0.25) is 0 Å². The molecular formula is C17H24BrNO4. The molecule has 1 amide bonds. The van der Waals surface area contributed by atoms with Crippen LogP contribution in [0.3, 0.4) is 0 Å². The van der Waals surface area contributed by atoms with Gasteiger partial charge in [-0.15, -0.1) is 0 Å². The van der Waals surface area contributed by atoms with Gasteiger partial charge in [0.1, 0.15) is 11.2 Å². The second-order valence-corrected chi connectivity index (χ2v) is 7.64. The molecule has 1 fully saturated rings. The van der Waals surface area contributed by atoms with E-state index in [9.17, 15) is 4.79 Å². The molecule has 0 bridgehead atoms. The van der Waals surface area contributed by atoms with Crippen molar-refractivity contribution < 1.29 is 19.4 Å². The van der Waals surface area contributed by atoms with E-state index < -0.39 is 11.2 Å². The van der Waals surface area contributed by atoms with Gasteiger partial charge in [-0.2, -0.15) is 0 Å². The van der Waals surface area contributed by atoms with Crippen molar-refractivity contribution >= 4 is 22.0 Å². The Morgan fingerprint density at radius 2 is 2.00 bits per heavy atom. The fourth-order valence-electron chi connectivity index (χ4n) is 2.70. The second kappa shape index (κ2) is 7.20. The van der Waals surface area contributed by atoms with E-state index in [1.807, 2.05) is 45.0 Å². The Morgan fingerprint density at radius 3 is 2.57 bits per heavy atom. The van der Waals surface area contributed by atoms with Crippen molar-refractivity contribution in [2.75, 3.05) is 26.3 Å². The van der Waals surface area contributed by atoms with Gasteiger partial charge < -0.3 is 19.5 Å². The monoisotopic (exact) mass is 385 g/mol. The smallest absolute Gasteiger partial charge is 0.410 e. The van der Waals surface area contributed by atoms with Crippen LogP contribution in [0.15, 0.2) is 28.7 Å². The molecule has 128 valence electrons. The van der Waals surface area contributed by atoms with Crippen molar-refractivity contribution in [1.29, 1.82) is 0 Å². The summed E-state index contributed by atoms with van der Waals surface area (Å²) in [6.07, 6.45) is 0.345. The Bertz CT molecular complexity index is 541. The van der Waals surface area contributed by atoms with E-state index in [2.05, 4.69) is 15.9 Å². The van der Waals surface area contributed by atoms with Crippen molar-refractivity contribution in [3.63, 3.8) is 0 Å². The summed E-state index contributed by atoms with van der Waals surface area (Å²) in [4.78, 5) is 14.0. The van der Waals surface area contributed by atoms with E-state index in [0.29, 0.717) is 19.5 Å². The Balaban J connectivity index is 2.18. The van der Waals surface area contributed by atoms with Gasteiger partial charge in [0, 0.05) is 17.4 Å². The standard InChI is InChI=1S/C17H24BrNO4/c1-16(2,3)23-15(21)19-9-8-17(12-19,22-11-10-20)13-4-6-14(18)7-5-13/h4-7,20H,8-12H2,1-3H3. The van der Waals surface area contributed by atoms with Gasteiger partial charge in [-0.25, -0.2) is 4.79 Å². The second-order valence-electron chi connectivity index (χ2n) is 6.73. The van der Waals surface area contributed by atoms with Crippen molar-refractivity contribution in [2.45, 2.75) is 38.4 Å². The first-order chi connectivity index (χ1) is 10.8. The molecule has 1 atom stereocenters. The minimum atomic E-state index is -0.597. The summed E-state index contributed by atoms with van der Waals surface area (Å²) in [7, 11) is 0. The maximum Gasteiger partial charge on any atom is 0.410 e. The molecule has 1 aliphatic rings. The Hall–Kier alpha value is -1.11. The summed E-state index contributed by atoms with van der Waals surface area (Å²) in [6, 6.07) is 7.88. The molecule has 0 saturated carbocycles. The first-order valence-corrected chi connectivity index (χ1v) is 8.54. The number of rotatable bonds is 4. The average Bonchev–Trinajstić information content (AvgIpc) is 2.90. The fraction of sp³-hybridized carbons (Fsp3) is 0.588. The number of amides is 1. The van der Waals surface area contributed by atoms with Crippen molar-refractivity contribution in [3.8, 4) is 0 Å². The predicted molar refractivity (Wildman–Crippen MR) is 91.3 cm³/mol. The molecule has 1 aromatic carbocycles. The van der Waals surface area contributed by atoms with Gasteiger partial charge in [0.25, 0.3) is 0 Å². The molecule has 1 heterocycles. The van der Waals surface area contributed by atoms with Crippen LogP contribution in [0.4, 0.5) is 4.79 Å². The van der Waals surface area contributed by atoms with Crippen LogP contribution < -0.4 is 0 Å². The van der Waals surface area contributed by atoms with Gasteiger partial charge >= 0.3 is 6.09 Å². The van der Waals surface area contributed by atoms with E-state index in [4.69, 9.17) is 14.6 Å². The lowest BCUT2D eigenvalue weighted by atomic mass is 9.92. The molecule has 1 N–H and O–H groups in total. The average molecular weight is 386 g/mol. The van der Waals surface area contributed by atoms with Crippen LogP contribution in [0.25, 0.3) is 0 Å². The summed E-state index contributed by atoms with van der Waals surface area (Å²) in [6.45, 7) is 6.73. The van der Waals surface area contributed by atoms with Crippen LogP contribution in [0.5, 0.6) is 0 Å². The van der Waals surface area contributed by atoms with Crippen molar-refractivity contribution in [2.24, 2.45) is 0 Å². The summed E-state index contributed by atoms with van der Waals surface area (Å²) < 4.78 is 12.4. The molecule has 0 spiro atoms. The van der Waals surface area contributed by atoms with Gasteiger partial charge in [0.15, 0.2) is 0 Å². The first-order valence-electron chi connectivity index (χ1n) is 7.74. The minimum absolute atomic E-state index is 0.0509. The number of carbonyl (C=O) groups excluding carboxylic acids is 1. The predicted octanol–water partition coefficient (Wildman–Crippen LogP) is 3.29. The Labute approximate surface area is 145 Å². The lowest BCUT2D eigenvalue weighted by molar-refractivity contribution is -0.0567. The number of carbonyl (C=O) groups is 1. The zero-order valence-electron chi connectivity index (χ0n) is 13.8. The highest BCUT2D eigenvalue weighted by molar-refractivity contribution is 9.10. The van der Waals surface area contributed by atoms with Crippen LogP contribution >= 0.6 is 15.9 Å². The zero-order valence-corrected chi connectivity index (χ0v) is 15.4. The topological polar surface area (TPSA) is 59.0 Å². The van der Waals surface area contributed by atoms with Gasteiger partial charge in [-0.1, -0.05) is 28.1 Å². The van der Waals surface area contributed by atoms with E-state index in [0.717, 1.165) is 10.0 Å². The summed E-state index contributed by atoms with van der Waals surface area (Å²) in [5.74, 6) is 0. The molecular weight excluding hydrogens is 362 g/mol. The molecule has 0 radical (unpaired) electrons. The number of aliphatic hydroxyl groups excluding tert-OH is 1. The fourth-order valence-corrected chi connectivity index (χ4v) is 2.96. The maximum absolute atomic E-state index is 12.3. The number of hydrogen-bond acceptors (Lipinski definition) is 4. The molecule has 0 aliphatic carbocycles. The Kier molecular flexibility index (Phi) is 5.70. The normalized spacial score (nSPS) is 21.5. The highest BCUT2D eigenvalue weighted by Crippen LogP contribution is 2.37. The maximum atomic E-state index is 12.3. The lowest BCUT2D eigenvalue weighted by Gasteiger charge is -2.31.